The summed E-state index contributed by atoms with van der Waals surface area (Å²) < 4.78 is 14.6. The van der Waals surface area contributed by atoms with Crippen molar-refractivity contribution in [2.45, 2.75) is 26.4 Å². The van der Waals surface area contributed by atoms with Crippen LogP contribution in [0.2, 0.25) is 0 Å². The Morgan fingerprint density at radius 3 is 2.47 bits per heavy atom. The number of aromatic nitrogens is 3. The Hall–Kier alpha value is -1.75. The molecule has 0 fully saturated rings. The second-order valence-electron chi connectivity index (χ2n) is 5.04. The summed E-state index contributed by atoms with van der Waals surface area (Å²) in [6.45, 7) is 4.92. The molecule has 1 atom stereocenters. The molecule has 0 saturated carbocycles. The van der Waals surface area contributed by atoms with Crippen LogP contribution in [-0.4, -0.2) is 15.0 Å². The van der Waals surface area contributed by atoms with E-state index in [2.05, 4.69) is 29.5 Å². The molecule has 5 heteroatoms. The third-order valence-corrected chi connectivity index (χ3v) is 3.05. The Labute approximate surface area is 112 Å². The predicted octanol–water partition coefficient (Wildman–Crippen LogP) is 2.44. The van der Waals surface area contributed by atoms with E-state index in [1.54, 1.807) is 4.68 Å². The van der Waals surface area contributed by atoms with Gasteiger partial charge in [-0.3, -0.25) is 4.68 Å². The number of rotatable bonds is 5. The number of nitrogens with one attached hydrogen (secondary N) is 1. The molecule has 102 valence electrons. The van der Waals surface area contributed by atoms with Crippen molar-refractivity contribution in [3.63, 3.8) is 0 Å². The maximum Gasteiger partial charge on any atom is 0.123 e. The summed E-state index contributed by atoms with van der Waals surface area (Å²) in [4.78, 5) is 0. The van der Waals surface area contributed by atoms with Gasteiger partial charge in [0.1, 0.15) is 5.82 Å². The van der Waals surface area contributed by atoms with Crippen LogP contribution < -0.4 is 5.32 Å². The lowest BCUT2D eigenvalue weighted by atomic mass is 9.96. The summed E-state index contributed by atoms with van der Waals surface area (Å²) in [6, 6.07) is 6.80. The fourth-order valence-corrected chi connectivity index (χ4v) is 2.10. The maximum absolute atomic E-state index is 13.0. The van der Waals surface area contributed by atoms with Gasteiger partial charge in [-0.15, -0.1) is 5.10 Å². The van der Waals surface area contributed by atoms with Crippen molar-refractivity contribution in [3.8, 4) is 0 Å². The summed E-state index contributed by atoms with van der Waals surface area (Å²) in [5, 5.41) is 11.4. The maximum atomic E-state index is 13.0. The van der Waals surface area contributed by atoms with Crippen LogP contribution >= 0.6 is 0 Å². The quantitative estimate of drug-likeness (QED) is 0.900. The van der Waals surface area contributed by atoms with Crippen molar-refractivity contribution in [2.75, 3.05) is 0 Å². The highest BCUT2D eigenvalue weighted by Crippen LogP contribution is 2.22. The van der Waals surface area contributed by atoms with Crippen LogP contribution in [0.15, 0.2) is 30.5 Å². The normalized spacial score (nSPS) is 12.9. The van der Waals surface area contributed by atoms with Crippen molar-refractivity contribution in [1.82, 2.24) is 20.3 Å². The lowest BCUT2D eigenvalue weighted by Gasteiger charge is -2.22. The van der Waals surface area contributed by atoms with Gasteiger partial charge in [-0.2, -0.15) is 0 Å². The molecule has 0 saturated heterocycles. The summed E-state index contributed by atoms with van der Waals surface area (Å²) >= 11 is 0. The molecule has 1 unspecified atom stereocenters. The molecular formula is C14H19FN4. The largest absolute Gasteiger partial charge is 0.304 e. The number of hydrogen-bond donors (Lipinski definition) is 1. The van der Waals surface area contributed by atoms with E-state index in [-0.39, 0.29) is 11.9 Å². The standard InChI is InChI=1S/C14H19FN4/c1-10(2)14(11-4-6-12(15)7-5-11)16-8-13-9-19(3)18-17-13/h4-7,9-10,14,16H,8H2,1-3H3. The first kappa shape index (κ1) is 13.7. The molecule has 1 N–H and O–H groups in total. The van der Waals surface area contributed by atoms with Gasteiger partial charge < -0.3 is 5.32 Å². The molecule has 4 nitrogen and oxygen atoms in total. The van der Waals surface area contributed by atoms with Crippen LogP contribution in [0.5, 0.6) is 0 Å². The van der Waals surface area contributed by atoms with Crippen molar-refractivity contribution in [3.05, 3.63) is 47.5 Å². The summed E-state index contributed by atoms with van der Waals surface area (Å²) in [5.41, 5.74) is 1.98. The molecule has 2 rings (SSSR count). The van der Waals surface area contributed by atoms with E-state index >= 15 is 0 Å². The highest BCUT2D eigenvalue weighted by atomic mass is 19.1. The van der Waals surface area contributed by atoms with Crippen molar-refractivity contribution in [2.24, 2.45) is 13.0 Å². The molecule has 0 aliphatic heterocycles. The molecule has 1 heterocycles. The average Bonchev–Trinajstić information content (AvgIpc) is 2.77. The van der Waals surface area contributed by atoms with Gasteiger partial charge in [0.15, 0.2) is 0 Å². The van der Waals surface area contributed by atoms with Gasteiger partial charge in [0.2, 0.25) is 0 Å². The van der Waals surface area contributed by atoms with Gasteiger partial charge in [0.25, 0.3) is 0 Å². The van der Waals surface area contributed by atoms with E-state index in [0.717, 1.165) is 11.3 Å². The minimum Gasteiger partial charge on any atom is -0.304 e. The molecule has 0 aliphatic rings. The van der Waals surface area contributed by atoms with Gasteiger partial charge in [0.05, 0.1) is 5.69 Å². The van der Waals surface area contributed by atoms with E-state index in [4.69, 9.17) is 0 Å². The van der Waals surface area contributed by atoms with Crippen LogP contribution in [0.3, 0.4) is 0 Å². The van der Waals surface area contributed by atoms with Crippen LogP contribution in [0, 0.1) is 11.7 Å². The minimum atomic E-state index is -0.208. The minimum absolute atomic E-state index is 0.169. The lowest BCUT2D eigenvalue weighted by Crippen LogP contribution is -2.25. The molecule has 0 radical (unpaired) electrons. The molecule has 19 heavy (non-hydrogen) atoms. The van der Waals surface area contributed by atoms with Crippen LogP contribution in [0.1, 0.15) is 31.1 Å². The molecule has 0 spiro atoms. The SMILES string of the molecule is CC(C)C(NCc1cn(C)nn1)c1ccc(F)cc1. The van der Waals surface area contributed by atoms with Crippen LogP contribution in [0.25, 0.3) is 0 Å². The Morgan fingerprint density at radius 1 is 1.26 bits per heavy atom. The van der Waals surface area contributed by atoms with Crippen molar-refractivity contribution >= 4 is 0 Å². The zero-order chi connectivity index (χ0) is 13.8. The zero-order valence-electron chi connectivity index (χ0n) is 11.5. The van der Waals surface area contributed by atoms with Crippen LogP contribution in [-0.2, 0) is 13.6 Å². The van der Waals surface area contributed by atoms with Gasteiger partial charge in [0, 0.05) is 25.8 Å². The third-order valence-electron chi connectivity index (χ3n) is 3.05. The zero-order valence-corrected chi connectivity index (χ0v) is 11.5. The Balaban J connectivity index is 2.06. The summed E-state index contributed by atoms with van der Waals surface area (Å²) in [6.07, 6.45) is 1.88. The molecule has 1 aromatic carbocycles. The van der Waals surface area contributed by atoms with Crippen molar-refractivity contribution < 1.29 is 4.39 Å². The number of nitrogens with zero attached hydrogens (tertiary/aromatic N) is 3. The number of benzene rings is 1. The number of aryl methyl sites for hydroxylation is 1. The number of hydrogen-bond acceptors (Lipinski definition) is 3. The first-order valence-corrected chi connectivity index (χ1v) is 6.40. The highest BCUT2D eigenvalue weighted by Gasteiger charge is 2.15. The lowest BCUT2D eigenvalue weighted by molar-refractivity contribution is 0.408. The fourth-order valence-electron chi connectivity index (χ4n) is 2.10. The summed E-state index contributed by atoms with van der Waals surface area (Å²) in [7, 11) is 1.84. The monoisotopic (exact) mass is 262 g/mol. The molecule has 1 aromatic heterocycles. The second kappa shape index (κ2) is 5.93. The van der Waals surface area contributed by atoms with Crippen LogP contribution in [0.4, 0.5) is 4.39 Å². The van der Waals surface area contributed by atoms with E-state index in [0.29, 0.717) is 12.5 Å². The van der Waals surface area contributed by atoms with Gasteiger partial charge in [-0.25, -0.2) is 4.39 Å². The predicted molar refractivity (Wildman–Crippen MR) is 71.8 cm³/mol. The Morgan fingerprint density at radius 2 is 1.95 bits per heavy atom. The smallest absolute Gasteiger partial charge is 0.123 e. The topological polar surface area (TPSA) is 42.7 Å². The molecule has 0 bridgehead atoms. The van der Waals surface area contributed by atoms with Gasteiger partial charge in [-0.05, 0) is 23.6 Å². The van der Waals surface area contributed by atoms with E-state index in [9.17, 15) is 4.39 Å². The summed E-state index contributed by atoms with van der Waals surface area (Å²) in [5.74, 6) is 0.197. The fraction of sp³-hybridized carbons (Fsp3) is 0.429. The Bertz CT molecular complexity index is 518. The first-order chi connectivity index (χ1) is 9.06. The van der Waals surface area contributed by atoms with E-state index in [1.165, 1.54) is 12.1 Å². The first-order valence-electron chi connectivity index (χ1n) is 6.40. The molecule has 0 amide bonds. The Kier molecular flexibility index (Phi) is 4.27. The second-order valence-corrected chi connectivity index (χ2v) is 5.04. The number of halogens is 1. The molecule has 2 aromatic rings. The third kappa shape index (κ3) is 3.61. The van der Waals surface area contributed by atoms with Gasteiger partial charge >= 0.3 is 0 Å². The van der Waals surface area contributed by atoms with Crippen molar-refractivity contribution in [1.29, 1.82) is 0 Å². The van der Waals surface area contributed by atoms with Gasteiger partial charge in [-0.1, -0.05) is 31.2 Å². The highest BCUT2D eigenvalue weighted by molar-refractivity contribution is 5.20. The van der Waals surface area contributed by atoms with E-state index < -0.39 is 0 Å². The average molecular weight is 262 g/mol. The molecule has 0 aliphatic carbocycles. The van der Waals surface area contributed by atoms with E-state index in [1.807, 2.05) is 25.4 Å². The molecular weight excluding hydrogens is 243 g/mol.